The summed E-state index contributed by atoms with van der Waals surface area (Å²) in [4.78, 5) is 4.08. The lowest BCUT2D eigenvalue weighted by Crippen LogP contribution is -2.23. The van der Waals surface area contributed by atoms with Crippen molar-refractivity contribution in [2.24, 2.45) is 0 Å². The van der Waals surface area contributed by atoms with E-state index in [1.165, 1.54) is 25.3 Å². The minimum Gasteiger partial charge on any atom is -0.495 e. The van der Waals surface area contributed by atoms with Gasteiger partial charge in [-0.3, -0.25) is 4.98 Å². The van der Waals surface area contributed by atoms with Crippen LogP contribution < -0.4 is 15.2 Å². The van der Waals surface area contributed by atoms with Gasteiger partial charge in [0.25, 0.3) is 0 Å². The molecular formula is C14H17N3O3S. The Bertz CT molecular complexity index is 745. The van der Waals surface area contributed by atoms with E-state index in [-0.39, 0.29) is 11.4 Å². The summed E-state index contributed by atoms with van der Waals surface area (Å²) in [6.07, 6.45) is 3.32. The van der Waals surface area contributed by atoms with Gasteiger partial charge < -0.3 is 10.5 Å². The van der Waals surface area contributed by atoms with E-state index in [0.717, 1.165) is 11.1 Å². The van der Waals surface area contributed by atoms with E-state index in [2.05, 4.69) is 9.71 Å². The number of ether oxygens (including phenoxy) is 1. The number of nitrogens with one attached hydrogen (secondary N) is 1. The average Bonchev–Trinajstić information content (AvgIpc) is 2.46. The second-order valence-corrected chi connectivity index (χ2v) is 6.30. The molecule has 0 spiro atoms. The summed E-state index contributed by atoms with van der Waals surface area (Å²) in [5.74, 6) is 0.331. The molecule has 6 nitrogen and oxygen atoms in total. The number of nitrogen functional groups attached to an aromatic ring is 1. The van der Waals surface area contributed by atoms with E-state index in [1.807, 2.05) is 6.92 Å². The van der Waals surface area contributed by atoms with Crippen LogP contribution in [0, 0.1) is 6.92 Å². The summed E-state index contributed by atoms with van der Waals surface area (Å²) < 4.78 is 32.1. The summed E-state index contributed by atoms with van der Waals surface area (Å²) in [6, 6.07) is 6.13. The lowest BCUT2D eigenvalue weighted by molar-refractivity contribution is 0.415. The number of sulfonamides is 1. The van der Waals surface area contributed by atoms with Crippen molar-refractivity contribution in [3.63, 3.8) is 0 Å². The first-order valence-corrected chi connectivity index (χ1v) is 7.75. The molecule has 112 valence electrons. The number of anilines is 1. The fourth-order valence-corrected chi connectivity index (χ4v) is 2.84. The van der Waals surface area contributed by atoms with E-state index < -0.39 is 10.0 Å². The Morgan fingerprint density at radius 3 is 2.76 bits per heavy atom. The lowest BCUT2D eigenvalue weighted by Gasteiger charge is -2.10. The summed E-state index contributed by atoms with van der Waals surface area (Å²) in [5.41, 5.74) is 7.87. The molecule has 1 aromatic heterocycles. The quantitative estimate of drug-likeness (QED) is 0.816. The maximum atomic E-state index is 12.3. The number of rotatable bonds is 5. The number of aryl methyl sites for hydroxylation is 1. The Morgan fingerprint density at radius 1 is 1.33 bits per heavy atom. The van der Waals surface area contributed by atoms with Gasteiger partial charge in [0.15, 0.2) is 0 Å². The zero-order valence-corrected chi connectivity index (χ0v) is 12.6. The van der Waals surface area contributed by atoms with Crippen molar-refractivity contribution >= 4 is 15.7 Å². The molecule has 0 amide bonds. The predicted molar refractivity (Wildman–Crippen MR) is 80.4 cm³/mol. The monoisotopic (exact) mass is 307 g/mol. The molecule has 0 fully saturated rings. The van der Waals surface area contributed by atoms with Crippen LogP contribution >= 0.6 is 0 Å². The lowest BCUT2D eigenvalue weighted by atomic mass is 10.2. The van der Waals surface area contributed by atoms with E-state index in [4.69, 9.17) is 10.5 Å². The van der Waals surface area contributed by atoms with Crippen LogP contribution in [0.15, 0.2) is 41.6 Å². The van der Waals surface area contributed by atoms with Crippen LogP contribution in [0.25, 0.3) is 0 Å². The average molecular weight is 307 g/mol. The molecule has 0 aliphatic rings. The van der Waals surface area contributed by atoms with Crippen molar-refractivity contribution in [1.29, 1.82) is 0 Å². The van der Waals surface area contributed by atoms with Gasteiger partial charge in [0.05, 0.1) is 17.7 Å². The second-order valence-electron chi connectivity index (χ2n) is 4.53. The summed E-state index contributed by atoms with van der Waals surface area (Å²) in [7, 11) is -2.19. The van der Waals surface area contributed by atoms with Crippen LogP contribution in [0.1, 0.15) is 11.1 Å². The molecule has 7 heteroatoms. The van der Waals surface area contributed by atoms with E-state index in [9.17, 15) is 8.42 Å². The van der Waals surface area contributed by atoms with Crippen molar-refractivity contribution in [3.8, 4) is 5.75 Å². The van der Waals surface area contributed by atoms with Gasteiger partial charge in [0, 0.05) is 25.0 Å². The molecule has 0 saturated carbocycles. The molecule has 0 unspecified atom stereocenters. The highest BCUT2D eigenvalue weighted by molar-refractivity contribution is 7.89. The van der Waals surface area contributed by atoms with Crippen LogP contribution in [0.4, 0.5) is 5.69 Å². The number of hydrogen-bond donors (Lipinski definition) is 2. The normalized spacial score (nSPS) is 11.3. The Morgan fingerprint density at radius 2 is 2.10 bits per heavy atom. The summed E-state index contributed by atoms with van der Waals surface area (Å²) in [5, 5.41) is 0. The third kappa shape index (κ3) is 3.50. The van der Waals surface area contributed by atoms with Gasteiger partial charge in [-0.2, -0.15) is 0 Å². The van der Waals surface area contributed by atoms with Gasteiger partial charge in [-0.05, 0) is 36.2 Å². The minimum atomic E-state index is -3.63. The fraction of sp³-hybridized carbons (Fsp3) is 0.214. The first-order chi connectivity index (χ1) is 9.94. The Balaban J connectivity index is 2.21. The molecule has 0 aliphatic carbocycles. The molecule has 1 heterocycles. The number of nitrogens with two attached hydrogens (primary N) is 1. The standard InChI is InChI=1S/C14H17N3O3S/c1-10-8-16-6-5-11(10)9-17-21(18,19)12-3-4-13(15)14(7-12)20-2/h3-8,17H,9,15H2,1-2H3. The number of pyridine rings is 1. The molecule has 3 N–H and O–H groups in total. The Kier molecular flexibility index (Phi) is 4.44. The third-order valence-electron chi connectivity index (χ3n) is 3.10. The van der Waals surface area contributed by atoms with Crippen molar-refractivity contribution in [2.75, 3.05) is 12.8 Å². The van der Waals surface area contributed by atoms with Crippen molar-refractivity contribution in [2.45, 2.75) is 18.4 Å². The van der Waals surface area contributed by atoms with E-state index in [0.29, 0.717) is 11.4 Å². The Labute approximate surface area is 124 Å². The van der Waals surface area contributed by atoms with Crippen LogP contribution in [-0.4, -0.2) is 20.5 Å². The predicted octanol–water partition coefficient (Wildman–Crippen LogP) is 1.46. The van der Waals surface area contributed by atoms with Gasteiger partial charge in [0.1, 0.15) is 5.75 Å². The molecule has 2 rings (SSSR count). The Hall–Kier alpha value is -2.12. The molecule has 0 radical (unpaired) electrons. The first kappa shape index (κ1) is 15.3. The van der Waals surface area contributed by atoms with E-state index in [1.54, 1.807) is 18.5 Å². The molecule has 2 aromatic rings. The van der Waals surface area contributed by atoms with Crippen LogP contribution in [0.2, 0.25) is 0 Å². The molecule has 1 aromatic carbocycles. The number of methoxy groups -OCH3 is 1. The van der Waals surface area contributed by atoms with Crippen molar-refractivity contribution in [3.05, 3.63) is 47.8 Å². The molecule has 0 atom stereocenters. The molecule has 21 heavy (non-hydrogen) atoms. The summed E-state index contributed by atoms with van der Waals surface area (Å²) in [6.45, 7) is 2.08. The SMILES string of the molecule is COc1cc(S(=O)(=O)NCc2ccncc2C)ccc1N. The first-order valence-electron chi connectivity index (χ1n) is 6.26. The third-order valence-corrected chi connectivity index (χ3v) is 4.50. The smallest absolute Gasteiger partial charge is 0.241 e. The molecule has 0 saturated heterocycles. The van der Waals surface area contributed by atoms with Gasteiger partial charge in [-0.15, -0.1) is 0 Å². The molecule has 0 bridgehead atoms. The highest BCUT2D eigenvalue weighted by Gasteiger charge is 2.16. The highest BCUT2D eigenvalue weighted by Crippen LogP contribution is 2.24. The van der Waals surface area contributed by atoms with Crippen LogP contribution in [0.3, 0.4) is 0 Å². The second kappa shape index (κ2) is 6.11. The zero-order valence-electron chi connectivity index (χ0n) is 11.8. The number of benzene rings is 1. The zero-order chi connectivity index (χ0) is 15.5. The summed E-state index contributed by atoms with van der Waals surface area (Å²) >= 11 is 0. The fourth-order valence-electron chi connectivity index (χ4n) is 1.82. The van der Waals surface area contributed by atoms with Gasteiger partial charge in [-0.1, -0.05) is 0 Å². The van der Waals surface area contributed by atoms with Gasteiger partial charge in [0.2, 0.25) is 10.0 Å². The van der Waals surface area contributed by atoms with Gasteiger partial charge >= 0.3 is 0 Å². The van der Waals surface area contributed by atoms with Crippen LogP contribution in [-0.2, 0) is 16.6 Å². The molecule has 0 aliphatic heterocycles. The van der Waals surface area contributed by atoms with Crippen LogP contribution in [0.5, 0.6) is 5.75 Å². The van der Waals surface area contributed by atoms with Crippen molar-refractivity contribution < 1.29 is 13.2 Å². The van der Waals surface area contributed by atoms with Gasteiger partial charge in [-0.25, -0.2) is 13.1 Å². The number of aromatic nitrogens is 1. The maximum absolute atomic E-state index is 12.3. The largest absolute Gasteiger partial charge is 0.495 e. The number of nitrogens with zero attached hydrogens (tertiary/aromatic N) is 1. The molecular weight excluding hydrogens is 290 g/mol. The number of hydrogen-bond acceptors (Lipinski definition) is 5. The van der Waals surface area contributed by atoms with Crippen molar-refractivity contribution in [1.82, 2.24) is 9.71 Å². The topological polar surface area (TPSA) is 94.3 Å². The maximum Gasteiger partial charge on any atom is 0.241 e. The highest BCUT2D eigenvalue weighted by atomic mass is 32.2. The van der Waals surface area contributed by atoms with E-state index >= 15 is 0 Å². The minimum absolute atomic E-state index is 0.111.